The van der Waals surface area contributed by atoms with E-state index in [1.807, 2.05) is 31.2 Å². The minimum absolute atomic E-state index is 0.599. The summed E-state index contributed by atoms with van der Waals surface area (Å²) in [7, 11) is 1.63. The lowest BCUT2D eigenvalue weighted by molar-refractivity contribution is 0.416. The molecule has 0 fully saturated rings. The van der Waals surface area contributed by atoms with Crippen LogP contribution in [0.2, 0.25) is 0 Å². The predicted molar refractivity (Wildman–Crippen MR) is 69.6 cm³/mol. The Bertz CT molecular complexity index is 723. The minimum atomic E-state index is 0.599. The smallest absolute Gasteiger partial charge is 0.200 e. The number of aryl methyl sites for hydroxylation is 1. The number of fused-ring (bicyclic) bond motifs is 1. The fraction of sp³-hybridized carbons (Fsp3) is 0.167. The molecule has 0 spiro atoms. The van der Waals surface area contributed by atoms with Gasteiger partial charge in [-0.25, -0.2) is 0 Å². The van der Waals surface area contributed by atoms with Crippen molar-refractivity contribution >= 4 is 17.2 Å². The lowest BCUT2D eigenvalue weighted by Gasteiger charge is -2.11. The monoisotopic (exact) mass is 256 g/mol. The molecule has 2 heterocycles. The molecule has 0 bridgehead atoms. The Labute approximate surface area is 109 Å². The van der Waals surface area contributed by atoms with Crippen molar-refractivity contribution in [1.82, 2.24) is 25.3 Å². The van der Waals surface area contributed by atoms with Crippen LogP contribution in [-0.2, 0) is 0 Å². The number of hydrogen-bond donors (Lipinski definition) is 1. The van der Waals surface area contributed by atoms with E-state index >= 15 is 0 Å². The molecule has 0 radical (unpaired) electrons. The van der Waals surface area contributed by atoms with Crippen LogP contribution in [0.4, 0.5) is 11.5 Å². The van der Waals surface area contributed by atoms with Crippen molar-refractivity contribution in [3.8, 4) is 5.75 Å². The van der Waals surface area contributed by atoms with Gasteiger partial charge in [-0.1, -0.05) is 6.07 Å². The molecule has 0 aliphatic heterocycles. The molecule has 3 aromatic rings. The van der Waals surface area contributed by atoms with Crippen molar-refractivity contribution < 1.29 is 4.74 Å². The van der Waals surface area contributed by atoms with Crippen molar-refractivity contribution in [2.75, 3.05) is 12.4 Å². The van der Waals surface area contributed by atoms with Crippen molar-refractivity contribution in [3.63, 3.8) is 0 Å². The van der Waals surface area contributed by atoms with Gasteiger partial charge >= 0.3 is 0 Å². The van der Waals surface area contributed by atoms with Crippen molar-refractivity contribution in [2.45, 2.75) is 6.92 Å². The Morgan fingerprint density at radius 1 is 1.21 bits per heavy atom. The number of anilines is 2. The molecule has 96 valence electrons. The standard InChI is InChI=1S/C12H12N6O/c1-8-3-4-10(19-2)9(7-8)13-11-5-6-12-14-16-17-18(12)15-11/h3-7H,1-2H3,(H,13,15). The molecular weight excluding hydrogens is 244 g/mol. The maximum absolute atomic E-state index is 5.31. The molecule has 0 aliphatic carbocycles. The Hall–Kier alpha value is -2.70. The van der Waals surface area contributed by atoms with Crippen LogP contribution in [0.5, 0.6) is 5.75 Å². The fourth-order valence-corrected chi connectivity index (χ4v) is 1.77. The molecule has 0 saturated carbocycles. The number of hydrogen-bond acceptors (Lipinski definition) is 6. The van der Waals surface area contributed by atoms with Gasteiger partial charge in [-0.3, -0.25) is 0 Å². The summed E-state index contributed by atoms with van der Waals surface area (Å²) in [6, 6.07) is 9.49. The van der Waals surface area contributed by atoms with E-state index in [1.54, 1.807) is 13.2 Å². The average Bonchev–Trinajstić information content (AvgIpc) is 2.86. The number of ether oxygens (including phenoxy) is 1. The molecule has 19 heavy (non-hydrogen) atoms. The molecule has 0 unspecified atom stereocenters. The zero-order valence-corrected chi connectivity index (χ0v) is 10.5. The lowest BCUT2D eigenvalue weighted by atomic mass is 10.2. The second kappa shape index (κ2) is 4.52. The Kier molecular flexibility index (Phi) is 2.71. The first-order valence-corrected chi connectivity index (χ1v) is 5.73. The molecular formula is C12H12N6O. The van der Waals surface area contributed by atoms with Gasteiger partial charge in [0, 0.05) is 0 Å². The molecule has 7 heteroatoms. The lowest BCUT2D eigenvalue weighted by Crippen LogP contribution is -2.01. The second-order valence-corrected chi connectivity index (χ2v) is 4.07. The van der Waals surface area contributed by atoms with Crippen LogP contribution in [0, 0.1) is 6.92 Å². The second-order valence-electron chi connectivity index (χ2n) is 4.07. The van der Waals surface area contributed by atoms with Crippen molar-refractivity contribution in [2.24, 2.45) is 0 Å². The van der Waals surface area contributed by atoms with E-state index in [0.717, 1.165) is 17.0 Å². The largest absolute Gasteiger partial charge is 0.495 e. The van der Waals surface area contributed by atoms with Gasteiger partial charge in [-0.2, -0.15) is 0 Å². The molecule has 1 N–H and O–H groups in total. The van der Waals surface area contributed by atoms with Gasteiger partial charge in [-0.05, 0) is 47.2 Å². The normalized spacial score (nSPS) is 10.6. The van der Waals surface area contributed by atoms with Gasteiger partial charge in [0.05, 0.1) is 12.8 Å². The van der Waals surface area contributed by atoms with E-state index in [0.29, 0.717) is 11.5 Å². The van der Waals surface area contributed by atoms with E-state index in [-0.39, 0.29) is 0 Å². The van der Waals surface area contributed by atoms with E-state index in [2.05, 4.69) is 25.9 Å². The molecule has 2 aromatic heterocycles. The van der Waals surface area contributed by atoms with Gasteiger partial charge in [0.2, 0.25) is 0 Å². The maximum Gasteiger partial charge on any atom is 0.200 e. The molecule has 7 nitrogen and oxygen atoms in total. The number of benzene rings is 1. The van der Waals surface area contributed by atoms with Crippen LogP contribution in [0.25, 0.3) is 5.65 Å². The Balaban J connectivity index is 1.97. The minimum Gasteiger partial charge on any atom is -0.495 e. The summed E-state index contributed by atoms with van der Waals surface area (Å²) in [5.74, 6) is 1.40. The Morgan fingerprint density at radius 2 is 2.11 bits per heavy atom. The van der Waals surface area contributed by atoms with Crippen molar-refractivity contribution in [3.05, 3.63) is 35.9 Å². The van der Waals surface area contributed by atoms with Crippen LogP contribution in [0.15, 0.2) is 30.3 Å². The van der Waals surface area contributed by atoms with Gasteiger partial charge < -0.3 is 10.1 Å². The summed E-state index contributed by atoms with van der Waals surface area (Å²) >= 11 is 0. The van der Waals surface area contributed by atoms with Gasteiger partial charge in [-0.15, -0.1) is 14.8 Å². The van der Waals surface area contributed by atoms with Crippen LogP contribution >= 0.6 is 0 Å². The molecule has 0 aliphatic rings. The number of tetrazole rings is 1. The predicted octanol–water partition coefficient (Wildman–Crippen LogP) is 1.58. The summed E-state index contributed by atoms with van der Waals surface area (Å²) in [5, 5.41) is 18.5. The Morgan fingerprint density at radius 3 is 2.95 bits per heavy atom. The van der Waals surface area contributed by atoms with E-state index in [4.69, 9.17) is 4.74 Å². The number of rotatable bonds is 3. The molecule has 1 aromatic carbocycles. The molecule has 3 rings (SSSR count). The molecule has 0 saturated heterocycles. The highest BCUT2D eigenvalue weighted by Gasteiger charge is 2.06. The van der Waals surface area contributed by atoms with Crippen molar-refractivity contribution in [1.29, 1.82) is 0 Å². The summed E-state index contributed by atoms with van der Waals surface area (Å²) in [5.41, 5.74) is 2.58. The van der Waals surface area contributed by atoms with Gasteiger partial charge in [0.25, 0.3) is 0 Å². The highest BCUT2D eigenvalue weighted by molar-refractivity contribution is 5.65. The number of nitrogens with zero attached hydrogens (tertiary/aromatic N) is 5. The highest BCUT2D eigenvalue weighted by Crippen LogP contribution is 2.27. The van der Waals surface area contributed by atoms with E-state index in [9.17, 15) is 0 Å². The zero-order chi connectivity index (χ0) is 13.2. The maximum atomic E-state index is 5.31. The summed E-state index contributed by atoms with van der Waals surface area (Å²) in [6.45, 7) is 2.02. The van der Waals surface area contributed by atoms with Crippen LogP contribution in [-0.4, -0.2) is 32.4 Å². The van der Waals surface area contributed by atoms with Crippen LogP contribution < -0.4 is 10.1 Å². The summed E-state index contributed by atoms with van der Waals surface area (Å²) < 4.78 is 6.67. The fourth-order valence-electron chi connectivity index (χ4n) is 1.77. The topological polar surface area (TPSA) is 77.2 Å². The first-order valence-electron chi connectivity index (χ1n) is 5.73. The summed E-state index contributed by atoms with van der Waals surface area (Å²) in [6.07, 6.45) is 0. The number of nitrogens with one attached hydrogen (secondary N) is 1. The number of aromatic nitrogens is 5. The first kappa shape index (κ1) is 11.4. The van der Waals surface area contributed by atoms with Gasteiger partial charge in [0.15, 0.2) is 11.5 Å². The molecule has 0 atom stereocenters. The quantitative estimate of drug-likeness (QED) is 0.766. The SMILES string of the molecule is COc1ccc(C)cc1Nc1ccc2nnnn2n1. The molecule has 0 amide bonds. The van der Waals surface area contributed by atoms with Crippen LogP contribution in [0.3, 0.4) is 0 Å². The zero-order valence-electron chi connectivity index (χ0n) is 10.5. The number of methoxy groups -OCH3 is 1. The highest BCUT2D eigenvalue weighted by atomic mass is 16.5. The van der Waals surface area contributed by atoms with E-state index < -0.39 is 0 Å². The van der Waals surface area contributed by atoms with Crippen LogP contribution in [0.1, 0.15) is 5.56 Å². The average molecular weight is 256 g/mol. The summed E-state index contributed by atoms with van der Waals surface area (Å²) in [4.78, 5) is 0. The van der Waals surface area contributed by atoms with Gasteiger partial charge in [0.1, 0.15) is 5.75 Å². The first-order chi connectivity index (χ1) is 9.26. The van der Waals surface area contributed by atoms with E-state index in [1.165, 1.54) is 4.63 Å². The third-order valence-corrected chi connectivity index (χ3v) is 2.69. The third kappa shape index (κ3) is 2.17. The third-order valence-electron chi connectivity index (χ3n) is 2.69.